The number of piperidine rings is 1. The van der Waals surface area contributed by atoms with Gasteiger partial charge < -0.3 is 14.6 Å². The van der Waals surface area contributed by atoms with E-state index in [-0.39, 0.29) is 5.92 Å². The van der Waals surface area contributed by atoms with Crippen molar-refractivity contribution in [3.63, 3.8) is 0 Å². The van der Waals surface area contributed by atoms with E-state index >= 15 is 0 Å². The second-order valence-corrected chi connectivity index (χ2v) is 10.8. The molecule has 0 bridgehead atoms. The van der Waals surface area contributed by atoms with Crippen molar-refractivity contribution in [2.45, 2.75) is 31.2 Å². The molecule has 1 aromatic heterocycles. The van der Waals surface area contributed by atoms with Crippen LogP contribution in [-0.4, -0.2) is 52.5 Å². The van der Waals surface area contributed by atoms with Gasteiger partial charge in [0.2, 0.25) is 0 Å². The van der Waals surface area contributed by atoms with Crippen LogP contribution in [-0.2, 0) is 10.2 Å². The van der Waals surface area contributed by atoms with Crippen molar-refractivity contribution in [1.29, 1.82) is 0 Å². The van der Waals surface area contributed by atoms with E-state index in [0.717, 1.165) is 54.6 Å². The maximum atomic E-state index is 12.0. The lowest BCUT2D eigenvalue weighted by molar-refractivity contribution is 0.399. The molecule has 34 heavy (non-hydrogen) atoms. The first-order chi connectivity index (χ1) is 16.4. The van der Waals surface area contributed by atoms with Crippen molar-refractivity contribution in [2.75, 3.05) is 43.4 Å². The monoisotopic (exact) mass is 482 g/mol. The number of benzene rings is 2. The fraction of sp³-hybridized carbons (Fsp3) is 0.385. The highest BCUT2D eigenvalue weighted by Crippen LogP contribution is 2.28. The Morgan fingerprint density at radius 3 is 2.32 bits per heavy atom. The Balaban J connectivity index is 1.26. The third-order valence-corrected chi connectivity index (χ3v) is 7.86. The SMILES string of the molecule is CN(C)S(=O)(=O)Nc1ccc(N2CCC(NCC[C@H](c3ccccc3)c3ccco3)CC2)cc1. The van der Waals surface area contributed by atoms with Crippen LogP contribution in [0.2, 0.25) is 0 Å². The largest absolute Gasteiger partial charge is 0.469 e. The fourth-order valence-electron chi connectivity index (χ4n) is 4.40. The van der Waals surface area contributed by atoms with Gasteiger partial charge in [-0.2, -0.15) is 12.7 Å². The molecule has 0 radical (unpaired) electrons. The number of furan rings is 1. The quantitative estimate of drug-likeness (QED) is 0.451. The van der Waals surface area contributed by atoms with Gasteiger partial charge in [-0.1, -0.05) is 30.3 Å². The highest BCUT2D eigenvalue weighted by Gasteiger charge is 2.21. The zero-order valence-corrected chi connectivity index (χ0v) is 20.7. The Kier molecular flexibility index (Phi) is 7.92. The Morgan fingerprint density at radius 1 is 1.00 bits per heavy atom. The molecule has 2 heterocycles. The van der Waals surface area contributed by atoms with Crippen molar-refractivity contribution < 1.29 is 12.8 Å². The van der Waals surface area contributed by atoms with Crippen molar-refractivity contribution >= 4 is 21.6 Å². The molecule has 1 aliphatic rings. The van der Waals surface area contributed by atoms with E-state index < -0.39 is 10.2 Å². The van der Waals surface area contributed by atoms with E-state index in [0.29, 0.717) is 11.7 Å². The van der Waals surface area contributed by atoms with Crippen molar-refractivity contribution in [3.8, 4) is 0 Å². The average Bonchev–Trinajstić information content (AvgIpc) is 3.38. The molecule has 0 spiro atoms. The average molecular weight is 483 g/mol. The topological polar surface area (TPSA) is 77.8 Å². The van der Waals surface area contributed by atoms with Crippen molar-refractivity contribution in [3.05, 3.63) is 84.3 Å². The number of rotatable bonds is 10. The zero-order valence-electron chi connectivity index (χ0n) is 19.9. The van der Waals surface area contributed by atoms with Gasteiger partial charge >= 0.3 is 10.2 Å². The molecule has 2 aromatic carbocycles. The van der Waals surface area contributed by atoms with Crippen molar-refractivity contribution in [1.82, 2.24) is 9.62 Å². The Morgan fingerprint density at radius 2 is 1.71 bits per heavy atom. The Labute approximate surface area is 202 Å². The summed E-state index contributed by atoms with van der Waals surface area (Å²) in [7, 11) is -0.473. The minimum Gasteiger partial charge on any atom is -0.469 e. The first-order valence-electron chi connectivity index (χ1n) is 11.8. The van der Waals surface area contributed by atoms with E-state index in [1.54, 1.807) is 6.26 Å². The van der Waals surface area contributed by atoms with Crippen LogP contribution in [0.5, 0.6) is 0 Å². The molecule has 0 unspecified atom stereocenters. The molecule has 4 rings (SSSR count). The van der Waals surface area contributed by atoms with Crippen molar-refractivity contribution in [2.24, 2.45) is 0 Å². The summed E-state index contributed by atoms with van der Waals surface area (Å²) in [6.45, 7) is 2.88. The normalized spacial score (nSPS) is 16.0. The lowest BCUT2D eigenvalue weighted by atomic mass is 9.93. The molecule has 0 amide bonds. The van der Waals surface area contributed by atoms with Gasteiger partial charge in [0.15, 0.2) is 0 Å². The van der Waals surface area contributed by atoms with Crippen LogP contribution in [0, 0.1) is 0 Å². The highest BCUT2D eigenvalue weighted by molar-refractivity contribution is 7.90. The van der Waals surface area contributed by atoms with Gasteiger partial charge in [-0.15, -0.1) is 0 Å². The molecule has 1 saturated heterocycles. The molecule has 1 aliphatic heterocycles. The molecule has 8 heteroatoms. The summed E-state index contributed by atoms with van der Waals surface area (Å²) in [4.78, 5) is 2.36. The summed E-state index contributed by atoms with van der Waals surface area (Å²) >= 11 is 0. The van der Waals surface area contributed by atoms with Gasteiger partial charge in [-0.3, -0.25) is 4.72 Å². The lowest BCUT2D eigenvalue weighted by Crippen LogP contribution is -2.43. The van der Waals surface area contributed by atoms with Crippen LogP contribution in [0.25, 0.3) is 0 Å². The standard InChI is InChI=1S/C26H34N4O3S/c1-29(2)34(31,32)28-23-10-12-24(13-11-23)30-18-15-22(16-19-30)27-17-14-25(26-9-6-20-33-26)21-7-4-3-5-8-21/h3-13,20,22,25,27-28H,14-19H2,1-2H3/t25-/m1/s1. The zero-order chi connectivity index (χ0) is 24.0. The van der Waals surface area contributed by atoms with Gasteiger partial charge in [0.05, 0.1) is 6.26 Å². The molecule has 0 saturated carbocycles. The fourth-order valence-corrected chi connectivity index (χ4v) is 5.02. The summed E-state index contributed by atoms with van der Waals surface area (Å²) in [5.74, 6) is 1.27. The molecular weight excluding hydrogens is 448 g/mol. The third-order valence-electron chi connectivity index (χ3n) is 6.41. The maximum Gasteiger partial charge on any atom is 0.301 e. The molecule has 1 atom stereocenters. The highest BCUT2D eigenvalue weighted by atomic mass is 32.2. The van der Waals surface area contributed by atoms with Gasteiger partial charge in [0, 0.05) is 50.5 Å². The summed E-state index contributed by atoms with van der Waals surface area (Å²) in [5.41, 5.74) is 2.97. The van der Waals surface area contributed by atoms with Gasteiger partial charge in [-0.05, 0) is 67.8 Å². The van der Waals surface area contributed by atoms with E-state index in [1.807, 2.05) is 36.4 Å². The Bertz CT molecular complexity index is 1110. The first-order valence-corrected chi connectivity index (χ1v) is 13.2. The van der Waals surface area contributed by atoms with Crippen LogP contribution in [0.4, 0.5) is 11.4 Å². The molecule has 2 N–H and O–H groups in total. The Hall–Kier alpha value is -2.81. The second-order valence-electron chi connectivity index (χ2n) is 8.92. The molecular formula is C26H34N4O3S. The van der Waals surface area contributed by atoms with Gasteiger partial charge in [0.25, 0.3) is 0 Å². The van der Waals surface area contributed by atoms with Crippen LogP contribution in [0.1, 0.15) is 36.5 Å². The maximum absolute atomic E-state index is 12.0. The number of anilines is 2. The molecule has 0 aliphatic carbocycles. The molecule has 182 valence electrons. The van der Waals surface area contributed by atoms with Crippen LogP contribution in [0.15, 0.2) is 77.4 Å². The lowest BCUT2D eigenvalue weighted by Gasteiger charge is -2.34. The summed E-state index contributed by atoms with van der Waals surface area (Å²) in [6, 6.07) is 22.7. The smallest absolute Gasteiger partial charge is 0.301 e. The first kappa shape index (κ1) is 24.3. The molecule has 7 nitrogen and oxygen atoms in total. The second kappa shape index (κ2) is 11.1. The van der Waals surface area contributed by atoms with Crippen LogP contribution >= 0.6 is 0 Å². The summed E-state index contributed by atoms with van der Waals surface area (Å²) in [5, 5.41) is 3.75. The number of nitrogens with one attached hydrogen (secondary N) is 2. The van der Waals surface area contributed by atoms with Crippen LogP contribution < -0.4 is 14.9 Å². The minimum absolute atomic E-state index is 0.257. The number of hydrogen-bond acceptors (Lipinski definition) is 5. The third kappa shape index (κ3) is 6.20. The predicted octanol–water partition coefficient (Wildman–Crippen LogP) is 4.28. The van der Waals surface area contributed by atoms with Gasteiger partial charge in [-0.25, -0.2) is 0 Å². The molecule has 1 fully saturated rings. The van der Waals surface area contributed by atoms with Crippen LogP contribution in [0.3, 0.4) is 0 Å². The predicted molar refractivity (Wildman–Crippen MR) is 138 cm³/mol. The minimum atomic E-state index is -3.49. The summed E-state index contributed by atoms with van der Waals surface area (Å²) in [6.07, 6.45) is 4.89. The number of nitrogens with zero attached hydrogens (tertiary/aromatic N) is 2. The molecule has 3 aromatic rings. The number of hydrogen-bond donors (Lipinski definition) is 2. The van der Waals surface area contributed by atoms with Gasteiger partial charge in [0.1, 0.15) is 5.76 Å². The van der Waals surface area contributed by atoms with E-state index in [1.165, 1.54) is 19.7 Å². The summed E-state index contributed by atoms with van der Waals surface area (Å²) < 4.78 is 33.4. The van der Waals surface area contributed by atoms with E-state index in [2.05, 4.69) is 45.3 Å². The van der Waals surface area contributed by atoms with E-state index in [4.69, 9.17) is 4.42 Å². The van der Waals surface area contributed by atoms with E-state index in [9.17, 15) is 8.42 Å².